The molecule has 0 N–H and O–H groups in total. The Labute approximate surface area is 195 Å². The summed E-state index contributed by atoms with van der Waals surface area (Å²) in [6, 6.07) is 27.9. The molecule has 1 aliphatic heterocycles. The minimum atomic E-state index is -0.228. The number of aromatic nitrogens is 2. The minimum Gasteiger partial charge on any atom is -0.273 e. The van der Waals surface area contributed by atoms with E-state index in [-0.39, 0.29) is 11.9 Å². The van der Waals surface area contributed by atoms with Crippen molar-refractivity contribution in [2.75, 3.05) is 0 Å². The summed E-state index contributed by atoms with van der Waals surface area (Å²) >= 11 is 3.54. The molecule has 3 aromatic carbocycles. The number of hydrazone groups is 1. The zero-order valence-electron chi connectivity index (χ0n) is 17.5. The van der Waals surface area contributed by atoms with Crippen LogP contribution in [-0.4, -0.2) is 26.4 Å². The summed E-state index contributed by atoms with van der Waals surface area (Å²) in [5.74, 6) is -0.0912. The highest BCUT2D eigenvalue weighted by Crippen LogP contribution is 2.38. The average Bonchev–Trinajstić information content (AvgIpc) is 3.45. The Balaban J connectivity index is 1.61. The molecule has 32 heavy (non-hydrogen) atoms. The first-order valence-corrected chi connectivity index (χ1v) is 11.2. The van der Waals surface area contributed by atoms with Gasteiger partial charge in [-0.25, -0.2) is 9.69 Å². The minimum absolute atomic E-state index is 0.0912. The third kappa shape index (κ3) is 3.89. The van der Waals surface area contributed by atoms with Gasteiger partial charge in [-0.2, -0.15) is 10.2 Å². The Morgan fingerprint density at radius 1 is 0.938 bits per heavy atom. The van der Waals surface area contributed by atoms with E-state index in [1.54, 1.807) is 11.9 Å². The normalized spacial score (nSPS) is 15.6. The maximum absolute atomic E-state index is 12.6. The maximum Gasteiger partial charge on any atom is 0.240 e. The van der Waals surface area contributed by atoms with E-state index in [1.165, 1.54) is 0 Å². The zero-order valence-corrected chi connectivity index (χ0v) is 19.1. The Kier molecular flexibility index (Phi) is 5.45. The molecule has 1 atom stereocenters. The molecule has 0 fully saturated rings. The van der Waals surface area contributed by atoms with Crippen LogP contribution in [0.4, 0.5) is 0 Å². The average molecular weight is 485 g/mol. The van der Waals surface area contributed by atoms with Gasteiger partial charge in [0.15, 0.2) is 0 Å². The van der Waals surface area contributed by atoms with E-state index in [9.17, 15) is 4.79 Å². The number of halogens is 1. The summed E-state index contributed by atoms with van der Waals surface area (Å²) in [6.45, 7) is 1.56. The van der Waals surface area contributed by atoms with E-state index in [4.69, 9.17) is 10.2 Å². The molecule has 0 bridgehead atoms. The van der Waals surface area contributed by atoms with Gasteiger partial charge in [0.25, 0.3) is 0 Å². The monoisotopic (exact) mass is 484 g/mol. The van der Waals surface area contributed by atoms with Gasteiger partial charge in [-0.05, 0) is 29.8 Å². The van der Waals surface area contributed by atoms with Crippen LogP contribution in [0.5, 0.6) is 0 Å². The largest absolute Gasteiger partial charge is 0.273 e. The summed E-state index contributed by atoms with van der Waals surface area (Å²) in [4.78, 5) is 12.6. The van der Waals surface area contributed by atoms with E-state index >= 15 is 0 Å². The molecule has 0 unspecified atom stereocenters. The van der Waals surface area contributed by atoms with Gasteiger partial charge < -0.3 is 0 Å². The van der Waals surface area contributed by atoms with Crippen LogP contribution in [0.2, 0.25) is 0 Å². The van der Waals surface area contributed by atoms with Crippen LogP contribution in [0, 0.1) is 0 Å². The van der Waals surface area contributed by atoms with Crippen LogP contribution in [0.3, 0.4) is 0 Å². The van der Waals surface area contributed by atoms with Crippen molar-refractivity contribution in [3.63, 3.8) is 0 Å². The van der Waals surface area contributed by atoms with Crippen LogP contribution < -0.4 is 0 Å². The van der Waals surface area contributed by atoms with Gasteiger partial charge in [-0.1, -0.05) is 76.6 Å². The second-order valence-electron chi connectivity index (χ2n) is 7.72. The predicted molar refractivity (Wildman–Crippen MR) is 130 cm³/mol. The fourth-order valence-corrected chi connectivity index (χ4v) is 4.45. The lowest BCUT2D eigenvalue weighted by Crippen LogP contribution is -2.24. The van der Waals surface area contributed by atoms with Gasteiger partial charge in [0.1, 0.15) is 0 Å². The number of para-hydroxylation sites is 1. The SMILES string of the molecule is CC(=O)N1N=C(c2cccc(Br)c2)C[C@H]1c1cn(-c2ccccc2)nc1-c1ccccc1. The Morgan fingerprint density at radius 3 is 2.31 bits per heavy atom. The fourth-order valence-electron chi connectivity index (χ4n) is 4.05. The van der Waals surface area contributed by atoms with Crippen molar-refractivity contribution < 1.29 is 4.79 Å². The number of hydrogen-bond donors (Lipinski definition) is 0. The zero-order chi connectivity index (χ0) is 22.1. The first kappa shape index (κ1) is 20.4. The van der Waals surface area contributed by atoms with Crippen molar-refractivity contribution in [2.45, 2.75) is 19.4 Å². The number of amides is 1. The third-order valence-corrected chi connectivity index (χ3v) is 6.05. The molecule has 5 rings (SSSR count). The highest BCUT2D eigenvalue weighted by molar-refractivity contribution is 9.10. The lowest BCUT2D eigenvalue weighted by Gasteiger charge is -2.20. The van der Waals surface area contributed by atoms with Crippen LogP contribution in [0.1, 0.15) is 30.5 Å². The predicted octanol–water partition coefficient (Wildman–Crippen LogP) is 6.00. The van der Waals surface area contributed by atoms with Crippen LogP contribution >= 0.6 is 15.9 Å². The number of benzene rings is 3. The second-order valence-corrected chi connectivity index (χ2v) is 8.64. The van der Waals surface area contributed by atoms with Crippen molar-refractivity contribution >= 4 is 27.5 Å². The lowest BCUT2D eigenvalue weighted by molar-refractivity contribution is -0.130. The van der Waals surface area contributed by atoms with E-state index < -0.39 is 0 Å². The van der Waals surface area contributed by atoms with Gasteiger partial charge in [-0.3, -0.25) is 4.79 Å². The third-order valence-electron chi connectivity index (χ3n) is 5.56. The summed E-state index contributed by atoms with van der Waals surface area (Å²) in [5.41, 5.74) is 5.70. The molecule has 158 valence electrons. The molecule has 4 aromatic rings. The molecule has 5 nitrogen and oxygen atoms in total. The molecule has 1 aliphatic rings. The number of rotatable bonds is 4. The van der Waals surface area contributed by atoms with Crippen LogP contribution in [0.15, 0.2) is 101 Å². The molecule has 6 heteroatoms. The van der Waals surface area contributed by atoms with Crippen LogP contribution in [-0.2, 0) is 4.79 Å². The summed E-state index contributed by atoms with van der Waals surface area (Å²) in [7, 11) is 0. The maximum atomic E-state index is 12.6. The van der Waals surface area contributed by atoms with Gasteiger partial charge in [-0.15, -0.1) is 0 Å². The van der Waals surface area contributed by atoms with E-state index in [0.717, 1.165) is 38.3 Å². The highest BCUT2D eigenvalue weighted by atomic mass is 79.9. The highest BCUT2D eigenvalue weighted by Gasteiger charge is 2.34. The first-order chi connectivity index (χ1) is 15.6. The van der Waals surface area contributed by atoms with Crippen molar-refractivity contribution in [1.29, 1.82) is 0 Å². The molecule has 0 spiro atoms. The molecule has 1 aromatic heterocycles. The van der Waals surface area contributed by atoms with Crippen molar-refractivity contribution in [3.8, 4) is 16.9 Å². The summed E-state index contributed by atoms with van der Waals surface area (Å²) < 4.78 is 2.87. The quantitative estimate of drug-likeness (QED) is 0.356. The number of carbonyl (C=O) groups is 1. The lowest BCUT2D eigenvalue weighted by atomic mass is 9.96. The molecule has 0 radical (unpaired) electrons. The molecule has 0 saturated heterocycles. The first-order valence-electron chi connectivity index (χ1n) is 10.4. The van der Waals surface area contributed by atoms with Crippen LogP contribution in [0.25, 0.3) is 16.9 Å². The topological polar surface area (TPSA) is 50.5 Å². The van der Waals surface area contributed by atoms with E-state index in [1.807, 2.05) is 95.8 Å². The molecule has 0 aliphatic carbocycles. The Bertz CT molecular complexity index is 1300. The number of nitrogens with zero attached hydrogens (tertiary/aromatic N) is 4. The van der Waals surface area contributed by atoms with Crippen molar-refractivity contribution in [3.05, 3.63) is 107 Å². The molecular formula is C26H21BrN4O. The Hall–Kier alpha value is -3.51. The fraction of sp³-hybridized carbons (Fsp3) is 0.115. The van der Waals surface area contributed by atoms with Crippen molar-refractivity contribution in [1.82, 2.24) is 14.8 Å². The molecule has 2 heterocycles. The van der Waals surface area contributed by atoms with Gasteiger partial charge in [0, 0.05) is 35.1 Å². The second kappa shape index (κ2) is 8.55. The van der Waals surface area contributed by atoms with Gasteiger partial charge in [0.2, 0.25) is 5.91 Å². The molecule has 0 saturated carbocycles. The molecular weight excluding hydrogens is 464 g/mol. The standard InChI is InChI=1S/C26H21BrN4O/c1-18(32)31-25(16-24(28-31)20-11-8-12-21(27)15-20)23-17-30(22-13-6-3-7-14-22)29-26(23)19-9-4-2-5-10-19/h2-15,17,25H,16H2,1H3/t25-/m0/s1. The summed E-state index contributed by atoms with van der Waals surface area (Å²) in [5, 5.41) is 11.2. The summed E-state index contributed by atoms with van der Waals surface area (Å²) in [6.07, 6.45) is 2.65. The van der Waals surface area contributed by atoms with Crippen molar-refractivity contribution in [2.24, 2.45) is 5.10 Å². The number of carbonyl (C=O) groups excluding carboxylic acids is 1. The molecule has 1 amide bonds. The van der Waals surface area contributed by atoms with E-state index in [0.29, 0.717) is 6.42 Å². The smallest absolute Gasteiger partial charge is 0.240 e. The Morgan fingerprint density at radius 2 is 1.62 bits per heavy atom. The number of hydrogen-bond acceptors (Lipinski definition) is 3. The van der Waals surface area contributed by atoms with Gasteiger partial charge in [0.05, 0.1) is 23.1 Å². The van der Waals surface area contributed by atoms with E-state index in [2.05, 4.69) is 15.9 Å². The van der Waals surface area contributed by atoms with Gasteiger partial charge >= 0.3 is 0 Å².